The van der Waals surface area contributed by atoms with Gasteiger partial charge in [-0.05, 0) is 18.1 Å². The lowest BCUT2D eigenvalue weighted by Gasteiger charge is -2.52. The smallest absolute Gasteiger partial charge is 0.352 e. The van der Waals surface area contributed by atoms with Crippen molar-refractivity contribution in [2.75, 3.05) is 11.5 Å². The summed E-state index contributed by atoms with van der Waals surface area (Å²) in [6, 6.07) is 6.03. The second-order valence-electron chi connectivity index (χ2n) is 7.06. The number of β-lactam (4-membered cyclic amide) rings is 1. The molecule has 2 aromatic rings. The van der Waals surface area contributed by atoms with Gasteiger partial charge in [-0.3, -0.25) is 9.69 Å². The van der Waals surface area contributed by atoms with Gasteiger partial charge in [-0.15, -0.1) is 22.0 Å². The number of aromatic nitrogens is 2. The second kappa shape index (κ2) is 8.63. The van der Waals surface area contributed by atoms with Crippen LogP contribution in [-0.2, 0) is 16.1 Å². The number of fused-ring (bicyclic) bond motifs is 1. The third-order valence-electron chi connectivity index (χ3n) is 4.99. The lowest BCUT2D eigenvalue weighted by molar-refractivity contribution is -0.153. The van der Waals surface area contributed by atoms with Gasteiger partial charge in [0.15, 0.2) is 0 Å². The van der Waals surface area contributed by atoms with Gasteiger partial charge in [0, 0.05) is 18.1 Å². The Hall–Kier alpha value is -2.99. The fraction of sp³-hybridized carbons (Fsp3) is 0.316. The van der Waals surface area contributed by atoms with E-state index in [4.69, 9.17) is 10.2 Å². The van der Waals surface area contributed by atoms with Crippen molar-refractivity contribution in [3.63, 3.8) is 0 Å². The number of carbonyl (C=O) groups excluding carboxylic acids is 2. The molecule has 0 radical (unpaired) electrons. The number of benzene rings is 1. The molecule has 1 unspecified atom stereocenters. The first kappa shape index (κ1) is 21.2. The van der Waals surface area contributed by atoms with Crippen LogP contribution in [0.3, 0.4) is 0 Å². The highest BCUT2D eigenvalue weighted by Gasteiger charge is 2.56. The van der Waals surface area contributed by atoms with Gasteiger partial charge in [0.1, 0.15) is 17.1 Å². The Morgan fingerprint density at radius 3 is 2.90 bits per heavy atom. The second-order valence-corrected chi connectivity index (χ2v) is 9.09. The van der Waals surface area contributed by atoms with Crippen LogP contribution < -0.4 is 5.73 Å². The van der Waals surface area contributed by atoms with Crippen molar-refractivity contribution < 1.29 is 23.9 Å². The molecule has 3 heterocycles. The summed E-state index contributed by atoms with van der Waals surface area (Å²) < 4.78 is 5.07. The van der Waals surface area contributed by atoms with E-state index in [1.54, 1.807) is 0 Å². The van der Waals surface area contributed by atoms with Gasteiger partial charge in [-0.1, -0.05) is 41.6 Å². The molecule has 1 aromatic carbocycles. The fourth-order valence-electron chi connectivity index (χ4n) is 3.62. The van der Waals surface area contributed by atoms with Crippen molar-refractivity contribution in [3.05, 3.63) is 53.1 Å². The van der Waals surface area contributed by atoms with Gasteiger partial charge in [0.2, 0.25) is 6.39 Å². The van der Waals surface area contributed by atoms with Crippen LogP contribution >= 0.6 is 23.5 Å². The van der Waals surface area contributed by atoms with Crippen LogP contribution in [0.2, 0.25) is 0 Å². The lowest BCUT2D eigenvalue weighted by atomic mass is 10.0. The first-order valence-electron chi connectivity index (χ1n) is 9.27. The minimum atomic E-state index is -1.19. The van der Waals surface area contributed by atoms with Gasteiger partial charge in [0.05, 0.1) is 0 Å². The number of carboxylic acids is 1. The number of carbonyl (C=O) groups is 3. The molecule has 3 N–H and O–H groups in total. The number of nitrogens with zero attached hydrogens (tertiary/aromatic N) is 4. The minimum absolute atomic E-state index is 0.0583. The summed E-state index contributed by atoms with van der Waals surface area (Å²) in [6.45, 7) is 2.10. The zero-order chi connectivity index (χ0) is 22.1. The maximum Gasteiger partial charge on any atom is 0.352 e. The molecule has 1 fully saturated rings. The highest BCUT2D eigenvalue weighted by atomic mass is 32.2. The van der Waals surface area contributed by atoms with Crippen LogP contribution in [0.1, 0.15) is 11.1 Å². The number of aliphatic carboxylic acids is 1. The van der Waals surface area contributed by atoms with Crippen LogP contribution in [0.4, 0.5) is 4.79 Å². The first-order valence-corrected chi connectivity index (χ1v) is 11.3. The normalized spacial score (nSPS) is 20.3. The molecule has 0 spiro atoms. The van der Waals surface area contributed by atoms with Crippen molar-refractivity contribution >= 4 is 41.4 Å². The Kier molecular flexibility index (Phi) is 5.92. The molecule has 12 heteroatoms. The zero-order valence-electron chi connectivity index (χ0n) is 16.4. The summed E-state index contributed by atoms with van der Waals surface area (Å²) in [5, 5.41) is 16.9. The molecule has 10 nitrogen and oxygen atoms in total. The van der Waals surface area contributed by atoms with Crippen LogP contribution in [-0.4, -0.2) is 65.9 Å². The summed E-state index contributed by atoms with van der Waals surface area (Å²) in [5.74, 6) is -0.963. The van der Waals surface area contributed by atoms with Crippen molar-refractivity contribution in [2.24, 2.45) is 5.73 Å². The number of rotatable bonds is 7. The number of primary amides is 1. The molecular weight excluding hydrogens is 442 g/mol. The van der Waals surface area contributed by atoms with Crippen molar-refractivity contribution in [1.82, 2.24) is 20.0 Å². The highest BCUT2D eigenvalue weighted by Crippen LogP contribution is 2.43. The SMILES string of the molecule is Cc1cccc(CN(C(N)=O)C2C(=O)N3C(C(=O)O)=C(CSc4nnco4)CS[C@H]23)c1. The van der Waals surface area contributed by atoms with Gasteiger partial charge >= 0.3 is 12.0 Å². The molecule has 162 valence electrons. The molecule has 4 rings (SSSR count). The molecule has 2 aliphatic rings. The molecule has 0 bridgehead atoms. The first-order chi connectivity index (χ1) is 14.9. The molecule has 1 saturated heterocycles. The number of aryl methyl sites for hydroxylation is 1. The quantitative estimate of drug-likeness (QED) is 0.465. The monoisotopic (exact) mass is 461 g/mol. The Bertz CT molecular complexity index is 1060. The molecule has 2 aliphatic heterocycles. The van der Waals surface area contributed by atoms with Crippen molar-refractivity contribution in [3.8, 4) is 0 Å². The van der Waals surface area contributed by atoms with E-state index in [0.29, 0.717) is 22.3 Å². The molecule has 0 saturated carbocycles. The lowest BCUT2D eigenvalue weighted by Crippen LogP contribution is -2.71. The van der Waals surface area contributed by atoms with E-state index < -0.39 is 29.3 Å². The minimum Gasteiger partial charge on any atom is -0.477 e. The third-order valence-corrected chi connectivity index (χ3v) is 7.23. The Labute approximate surface area is 185 Å². The Morgan fingerprint density at radius 2 is 2.26 bits per heavy atom. The summed E-state index contributed by atoms with van der Waals surface area (Å²) in [6.07, 6.45) is 1.19. The van der Waals surface area contributed by atoms with Gasteiger partial charge in [0.25, 0.3) is 11.1 Å². The maximum atomic E-state index is 13.0. The van der Waals surface area contributed by atoms with Crippen LogP contribution in [0.15, 0.2) is 51.6 Å². The fourth-order valence-corrected chi connectivity index (χ4v) is 5.92. The number of thioether (sulfide) groups is 2. The molecule has 2 atom stereocenters. The average Bonchev–Trinajstić information content (AvgIpc) is 3.24. The van der Waals surface area contributed by atoms with Gasteiger partial charge in [-0.25, -0.2) is 9.59 Å². The Balaban J connectivity index is 1.55. The number of urea groups is 1. The maximum absolute atomic E-state index is 13.0. The van der Waals surface area contributed by atoms with Crippen molar-refractivity contribution in [1.29, 1.82) is 0 Å². The van der Waals surface area contributed by atoms with E-state index in [1.807, 2.05) is 31.2 Å². The predicted molar refractivity (Wildman–Crippen MR) is 113 cm³/mol. The highest BCUT2D eigenvalue weighted by molar-refractivity contribution is 8.01. The van der Waals surface area contributed by atoms with Crippen molar-refractivity contribution in [2.45, 2.75) is 30.1 Å². The van der Waals surface area contributed by atoms with E-state index in [2.05, 4.69) is 10.2 Å². The molecule has 0 aliphatic carbocycles. The van der Waals surface area contributed by atoms with Gasteiger partial charge in [-0.2, -0.15) is 0 Å². The third kappa shape index (κ3) is 4.12. The van der Waals surface area contributed by atoms with Gasteiger partial charge < -0.3 is 20.2 Å². The van der Waals surface area contributed by atoms with Crippen LogP contribution in [0, 0.1) is 6.92 Å². The summed E-state index contributed by atoms with van der Waals surface area (Å²) in [4.78, 5) is 39.7. The molecular formula is C19H19N5O5S2. The standard InChI is InChI=1S/C19H19N5O5S2/c1-10-3-2-4-11(5-10)6-23(18(20)28)14-15(25)24-13(17(26)27)12(7-30-16(14)24)8-31-19-22-21-9-29-19/h2-5,9,14,16H,6-8H2,1H3,(H2,20,28)(H,26,27)/t14?,16-/m1/s1. The number of amides is 3. The van der Waals surface area contributed by atoms with E-state index in [0.717, 1.165) is 11.1 Å². The largest absolute Gasteiger partial charge is 0.477 e. The van der Waals surface area contributed by atoms with E-state index in [9.17, 15) is 19.5 Å². The molecule has 31 heavy (non-hydrogen) atoms. The average molecular weight is 462 g/mol. The summed E-state index contributed by atoms with van der Waals surface area (Å²) in [7, 11) is 0. The van der Waals surface area contributed by atoms with E-state index in [-0.39, 0.29) is 12.2 Å². The topological polar surface area (TPSA) is 143 Å². The van der Waals surface area contributed by atoms with E-state index in [1.165, 1.54) is 39.7 Å². The zero-order valence-corrected chi connectivity index (χ0v) is 18.1. The number of nitrogens with two attached hydrogens (primary N) is 1. The van der Waals surface area contributed by atoms with Crippen LogP contribution in [0.5, 0.6) is 0 Å². The number of hydrogen-bond donors (Lipinski definition) is 2. The Morgan fingerprint density at radius 1 is 1.45 bits per heavy atom. The van der Waals surface area contributed by atoms with Crippen LogP contribution in [0.25, 0.3) is 0 Å². The summed E-state index contributed by atoms with van der Waals surface area (Å²) >= 11 is 2.61. The number of carboxylic acid groups (broad SMARTS) is 1. The summed E-state index contributed by atoms with van der Waals surface area (Å²) in [5.41, 5.74) is 7.98. The molecule has 3 amide bonds. The predicted octanol–water partition coefficient (Wildman–Crippen LogP) is 1.67. The van der Waals surface area contributed by atoms with E-state index >= 15 is 0 Å². The number of hydrogen-bond acceptors (Lipinski definition) is 8. The molecule has 1 aromatic heterocycles.